The average Bonchev–Trinajstić information content (AvgIpc) is 2.53. The zero-order valence-electron chi connectivity index (χ0n) is 11.3. The standard InChI is InChI=1S/C16H14Cl2N2O/c17-11-7-10(8-19-9-11)15(18)16(21)13-3-1-5-14-12(13)4-2-6-20-14/h1,3,5,7-9,15,20H,2,4,6H2. The number of pyridine rings is 1. The van der Waals surface area contributed by atoms with E-state index >= 15 is 0 Å². The molecule has 1 aromatic carbocycles. The van der Waals surface area contributed by atoms with Gasteiger partial charge in [-0.2, -0.15) is 0 Å². The fourth-order valence-corrected chi connectivity index (χ4v) is 3.01. The molecule has 5 heteroatoms. The molecule has 0 aliphatic carbocycles. The van der Waals surface area contributed by atoms with E-state index in [9.17, 15) is 4.79 Å². The molecule has 2 heterocycles. The van der Waals surface area contributed by atoms with Gasteiger partial charge in [0.15, 0.2) is 5.78 Å². The minimum Gasteiger partial charge on any atom is -0.385 e. The topological polar surface area (TPSA) is 42.0 Å². The van der Waals surface area contributed by atoms with Gasteiger partial charge in [0.05, 0.1) is 5.02 Å². The van der Waals surface area contributed by atoms with Gasteiger partial charge in [0.25, 0.3) is 0 Å². The molecule has 1 aromatic heterocycles. The Labute approximate surface area is 133 Å². The van der Waals surface area contributed by atoms with Crippen molar-refractivity contribution in [2.75, 3.05) is 11.9 Å². The number of benzene rings is 1. The quantitative estimate of drug-likeness (QED) is 0.678. The largest absolute Gasteiger partial charge is 0.385 e. The summed E-state index contributed by atoms with van der Waals surface area (Å²) in [6, 6.07) is 7.39. The fraction of sp³-hybridized carbons (Fsp3) is 0.250. The highest BCUT2D eigenvalue weighted by atomic mass is 35.5. The molecule has 0 amide bonds. The van der Waals surface area contributed by atoms with Crippen LogP contribution in [0.2, 0.25) is 5.02 Å². The third-order valence-corrected chi connectivity index (χ3v) is 4.27. The first-order valence-electron chi connectivity index (χ1n) is 6.81. The average molecular weight is 321 g/mol. The van der Waals surface area contributed by atoms with Gasteiger partial charge >= 0.3 is 0 Å². The Bertz CT molecular complexity index is 688. The SMILES string of the molecule is O=C(c1cccc2c1CCCN2)C(Cl)c1cncc(Cl)c1. The van der Waals surface area contributed by atoms with E-state index < -0.39 is 5.38 Å². The van der Waals surface area contributed by atoms with Crippen molar-refractivity contribution >= 4 is 34.7 Å². The summed E-state index contributed by atoms with van der Waals surface area (Å²) in [6.45, 7) is 0.938. The third kappa shape index (κ3) is 2.89. The van der Waals surface area contributed by atoms with Crippen LogP contribution in [0.15, 0.2) is 36.7 Å². The van der Waals surface area contributed by atoms with E-state index in [0.717, 1.165) is 30.6 Å². The van der Waals surface area contributed by atoms with E-state index in [1.165, 1.54) is 6.20 Å². The highest BCUT2D eigenvalue weighted by Crippen LogP contribution is 2.31. The van der Waals surface area contributed by atoms with Gasteiger partial charge in [-0.15, -0.1) is 11.6 Å². The molecule has 0 fully saturated rings. The van der Waals surface area contributed by atoms with Crippen molar-refractivity contribution in [3.8, 4) is 0 Å². The molecule has 3 nitrogen and oxygen atoms in total. The Morgan fingerprint density at radius 2 is 2.19 bits per heavy atom. The maximum absolute atomic E-state index is 12.7. The number of hydrogen-bond donors (Lipinski definition) is 1. The monoisotopic (exact) mass is 320 g/mol. The fourth-order valence-electron chi connectivity index (χ4n) is 2.60. The Morgan fingerprint density at radius 1 is 1.33 bits per heavy atom. The highest BCUT2D eigenvalue weighted by molar-refractivity contribution is 6.34. The molecule has 1 aliphatic rings. The normalized spacial score (nSPS) is 15.0. The summed E-state index contributed by atoms with van der Waals surface area (Å²) in [7, 11) is 0. The Morgan fingerprint density at radius 3 is 3.00 bits per heavy atom. The molecule has 108 valence electrons. The first kappa shape index (κ1) is 14.4. The Kier molecular flexibility index (Phi) is 4.13. The van der Waals surface area contributed by atoms with E-state index in [0.29, 0.717) is 16.1 Å². The van der Waals surface area contributed by atoms with Crippen molar-refractivity contribution in [2.24, 2.45) is 0 Å². The zero-order valence-corrected chi connectivity index (χ0v) is 12.8. The number of anilines is 1. The number of nitrogens with zero attached hydrogens (tertiary/aromatic N) is 1. The predicted octanol–water partition coefficient (Wildman–Crippen LogP) is 4.26. The van der Waals surface area contributed by atoms with Gasteiger partial charge in [-0.3, -0.25) is 9.78 Å². The minimum absolute atomic E-state index is 0.110. The second kappa shape index (κ2) is 6.04. The van der Waals surface area contributed by atoms with E-state index in [-0.39, 0.29) is 5.78 Å². The maximum Gasteiger partial charge on any atom is 0.185 e. The van der Waals surface area contributed by atoms with Crippen LogP contribution in [0.25, 0.3) is 0 Å². The van der Waals surface area contributed by atoms with Crippen LogP contribution in [0, 0.1) is 0 Å². The van der Waals surface area contributed by atoms with Crippen LogP contribution in [-0.2, 0) is 6.42 Å². The Balaban J connectivity index is 1.95. The van der Waals surface area contributed by atoms with E-state index in [2.05, 4.69) is 10.3 Å². The Hall–Kier alpha value is -1.58. The van der Waals surface area contributed by atoms with Gasteiger partial charge in [0.2, 0.25) is 0 Å². The number of hydrogen-bond acceptors (Lipinski definition) is 3. The number of alkyl halides is 1. The van der Waals surface area contributed by atoms with Crippen molar-refractivity contribution in [1.82, 2.24) is 4.98 Å². The molecule has 2 aromatic rings. The lowest BCUT2D eigenvalue weighted by molar-refractivity contribution is 0.0986. The highest BCUT2D eigenvalue weighted by Gasteiger charge is 2.24. The number of rotatable bonds is 3. The number of nitrogens with one attached hydrogen (secondary N) is 1. The molecule has 0 bridgehead atoms. The van der Waals surface area contributed by atoms with E-state index in [1.807, 2.05) is 18.2 Å². The molecule has 21 heavy (non-hydrogen) atoms. The number of fused-ring (bicyclic) bond motifs is 1. The molecule has 0 radical (unpaired) electrons. The number of ketones is 1. The maximum atomic E-state index is 12.7. The molecule has 1 atom stereocenters. The van der Waals surface area contributed by atoms with Crippen molar-refractivity contribution in [3.05, 3.63) is 58.4 Å². The first-order chi connectivity index (χ1) is 10.2. The second-order valence-electron chi connectivity index (χ2n) is 5.03. The van der Waals surface area contributed by atoms with Gasteiger partial charge < -0.3 is 5.32 Å². The van der Waals surface area contributed by atoms with Crippen molar-refractivity contribution in [3.63, 3.8) is 0 Å². The number of carbonyl (C=O) groups is 1. The molecular weight excluding hydrogens is 307 g/mol. The first-order valence-corrected chi connectivity index (χ1v) is 7.63. The lowest BCUT2D eigenvalue weighted by atomic mass is 9.93. The molecule has 0 spiro atoms. The van der Waals surface area contributed by atoms with Crippen LogP contribution >= 0.6 is 23.2 Å². The minimum atomic E-state index is -0.773. The van der Waals surface area contributed by atoms with Crippen LogP contribution in [0.5, 0.6) is 0 Å². The number of Topliss-reactive ketones (excluding diaryl/α,β-unsaturated/α-hetero) is 1. The molecule has 0 saturated carbocycles. The molecule has 1 N–H and O–H groups in total. The molecule has 1 unspecified atom stereocenters. The molecule has 3 rings (SSSR count). The summed E-state index contributed by atoms with van der Waals surface area (Å²) < 4.78 is 0. The van der Waals surface area contributed by atoms with Gasteiger partial charge in [0, 0.05) is 30.2 Å². The zero-order chi connectivity index (χ0) is 14.8. The van der Waals surface area contributed by atoms with E-state index in [1.54, 1.807) is 12.3 Å². The third-order valence-electron chi connectivity index (χ3n) is 3.61. The van der Waals surface area contributed by atoms with Crippen LogP contribution < -0.4 is 5.32 Å². The number of carbonyl (C=O) groups excluding carboxylic acids is 1. The van der Waals surface area contributed by atoms with Crippen molar-refractivity contribution in [2.45, 2.75) is 18.2 Å². The smallest absolute Gasteiger partial charge is 0.185 e. The van der Waals surface area contributed by atoms with Gasteiger partial charge in [-0.05, 0) is 36.1 Å². The van der Waals surface area contributed by atoms with Gasteiger partial charge in [-0.25, -0.2) is 0 Å². The summed E-state index contributed by atoms with van der Waals surface area (Å²) in [5, 5.41) is 3.02. The van der Waals surface area contributed by atoms with Gasteiger partial charge in [-0.1, -0.05) is 23.7 Å². The van der Waals surface area contributed by atoms with Crippen LogP contribution in [0.4, 0.5) is 5.69 Å². The van der Waals surface area contributed by atoms with E-state index in [4.69, 9.17) is 23.2 Å². The molecule has 0 saturated heterocycles. The van der Waals surface area contributed by atoms with Gasteiger partial charge in [0.1, 0.15) is 5.38 Å². The predicted molar refractivity (Wildman–Crippen MR) is 85.4 cm³/mol. The lowest BCUT2D eigenvalue weighted by Gasteiger charge is -2.21. The molecular formula is C16H14Cl2N2O. The lowest BCUT2D eigenvalue weighted by Crippen LogP contribution is -2.17. The molecule has 1 aliphatic heterocycles. The number of halogens is 2. The van der Waals surface area contributed by atoms with Crippen LogP contribution in [0.1, 0.15) is 33.3 Å². The second-order valence-corrected chi connectivity index (χ2v) is 5.90. The summed E-state index contributed by atoms with van der Waals surface area (Å²) in [4.78, 5) is 16.7. The summed E-state index contributed by atoms with van der Waals surface area (Å²) in [5.41, 5.74) is 3.38. The number of aromatic nitrogens is 1. The van der Waals surface area contributed by atoms with Crippen LogP contribution in [0.3, 0.4) is 0 Å². The summed E-state index contributed by atoms with van der Waals surface area (Å²) in [5.74, 6) is -0.110. The van der Waals surface area contributed by atoms with Crippen LogP contribution in [-0.4, -0.2) is 17.3 Å². The summed E-state index contributed by atoms with van der Waals surface area (Å²) in [6.07, 6.45) is 5.01. The van der Waals surface area contributed by atoms with Crippen molar-refractivity contribution in [1.29, 1.82) is 0 Å². The summed E-state index contributed by atoms with van der Waals surface area (Å²) >= 11 is 12.2. The van der Waals surface area contributed by atoms with Crippen molar-refractivity contribution < 1.29 is 4.79 Å².